The molecule has 1 aliphatic heterocycles. The lowest BCUT2D eigenvalue weighted by atomic mass is 9.84. The fraction of sp³-hybridized carbons (Fsp3) is 0.286. The first-order valence-electron chi connectivity index (χ1n) is 12.9. The largest absolute Gasteiger partial charge is 0.453 e. The minimum Gasteiger partial charge on any atom is -0.453 e. The van der Waals surface area contributed by atoms with E-state index in [1.807, 2.05) is 0 Å². The molecule has 0 radical (unpaired) electrons. The summed E-state index contributed by atoms with van der Waals surface area (Å²) in [5.74, 6) is -1.45. The Morgan fingerprint density at radius 3 is 2.31 bits per heavy atom. The lowest BCUT2D eigenvalue weighted by molar-refractivity contribution is -0.122. The SMILES string of the molecule is CC(C)C(=O)CCCN(C)C(=O)c1ccccc1C1=C2C=CC(N)C(S(=O)(=O)O)=C2Oc2c1ccc(N)c2S(=O)(=O)O. The number of amides is 1. The first-order chi connectivity index (χ1) is 19.5. The average molecular weight is 618 g/mol. The monoisotopic (exact) mass is 617 g/mol. The van der Waals surface area contributed by atoms with Crippen LogP contribution in [0.3, 0.4) is 0 Å². The van der Waals surface area contributed by atoms with Gasteiger partial charge in [0.15, 0.2) is 16.4 Å². The number of hydrogen-bond acceptors (Lipinski definition) is 9. The van der Waals surface area contributed by atoms with Crippen molar-refractivity contribution in [1.82, 2.24) is 4.90 Å². The van der Waals surface area contributed by atoms with Gasteiger partial charge in [0.25, 0.3) is 26.1 Å². The first-order valence-corrected chi connectivity index (χ1v) is 15.8. The lowest BCUT2D eigenvalue weighted by Gasteiger charge is -2.31. The number of fused-ring (bicyclic) bond motifs is 2. The van der Waals surface area contributed by atoms with Gasteiger partial charge in [0, 0.05) is 48.2 Å². The van der Waals surface area contributed by atoms with Crippen molar-refractivity contribution in [1.29, 1.82) is 0 Å². The van der Waals surface area contributed by atoms with Gasteiger partial charge in [0.1, 0.15) is 10.7 Å². The number of rotatable bonds is 9. The summed E-state index contributed by atoms with van der Waals surface area (Å²) in [4.78, 5) is 25.6. The molecule has 0 aromatic heterocycles. The van der Waals surface area contributed by atoms with Crippen molar-refractivity contribution in [2.45, 2.75) is 37.6 Å². The normalized spacial score (nSPS) is 16.7. The number of ketones is 1. The van der Waals surface area contributed by atoms with Crippen LogP contribution >= 0.6 is 0 Å². The van der Waals surface area contributed by atoms with Gasteiger partial charge in [-0.15, -0.1) is 0 Å². The number of nitrogens with zero attached hydrogens (tertiary/aromatic N) is 1. The Balaban J connectivity index is 1.97. The second-order valence-corrected chi connectivity index (χ2v) is 13.0. The number of anilines is 1. The highest BCUT2D eigenvalue weighted by Gasteiger charge is 2.39. The van der Waals surface area contributed by atoms with E-state index in [1.165, 1.54) is 29.2 Å². The van der Waals surface area contributed by atoms with Crippen LogP contribution in [0.15, 0.2) is 69.7 Å². The second-order valence-electron chi connectivity index (χ2n) is 10.3. The Morgan fingerprint density at radius 1 is 1.02 bits per heavy atom. The molecule has 1 atom stereocenters. The van der Waals surface area contributed by atoms with E-state index in [2.05, 4.69) is 0 Å². The first kappa shape index (κ1) is 31.1. The highest BCUT2D eigenvalue weighted by atomic mass is 32.2. The lowest BCUT2D eigenvalue weighted by Crippen LogP contribution is -2.32. The Labute approximate surface area is 243 Å². The van der Waals surface area contributed by atoms with Crippen molar-refractivity contribution in [3.05, 3.63) is 81.5 Å². The van der Waals surface area contributed by atoms with Crippen molar-refractivity contribution in [3.63, 3.8) is 0 Å². The number of benzene rings is 2. The van der Waals surface area contributed by atoms with Crippen LogP contribution in [-0.4, -0.2) is 62.2 Å². The number of nitrogen functional groups attached to an aromatic ring is 1. The third kappa shape index (κ3) is 5.89. The number of carbonyl (C=O) groups excluding carboxylic acids is 2. The third-order valence-corrected chi connectivity index (χ3v) is 8.95. The molecule has 0 fully saturated rings. The van der Waals surface area contributed by atoms with E-state index < -0.39 is 53.5 Å². The summed E-state index contributed by atoms with van der Waals surface area (Å²) < 4.78 is 75.5. The molecular formula is C28H31N3O9S2. The maximum atomic E-state index is 13.7. The number of ether oxygens (including phenoxy) is 1. The minimum absolute atomic E-state index is 0.0761. The molecule has 2 aromatic carbocycles. The predicted molar refractivity (Wildman–Crippen MR) is 155 cm³/mol. The maximum Gasteiger partial charge on any atom is 0.300 e. The van der Waals surface area contributed by atoms with E-state index in [4.69, 9.17) is 16.2 Å². The van der Waals surface area contributed by atoms with E-state index in [0.717, 1.165) is 0 Å². The zero-order valence-electron chi connectivity index (χ0n) is 23.1. The summed E-state index contributed by atoms with van der Waals surface area (Å²) in [6, 6.07) is 7.66. The Kier molecular flexibility index (Phi) is 8.49. The number of Topliss-reactive ketones (excluding diaryl/α,β-unsaturated/α-hetero) is 1. The van der Waals surface area contributed by atoms with Crippen LogP contribution in [0.1, 0.15) is 48.2 Å². The van der Waals surface area contributed by atoms with Crippen LogP contribution in [0.4, 0.5) is 5.69 Å². The smallest absolute Gasteiger partial charge is 0.300 e. The van der Waals surface area contributed by atoms with Gasteiger partial charge in [0.2, 0.25) is 0 Å². The molecular weight excluding hydrogens is 586 g/mol. The number of hydrogen-bond donors (Lipinski definition) is 4. The Hall–Kier alpha value is -3.82. The van der Waals surface area contributed by atoms with E-state index in [1.54, 1.807) is 45.2 Å². The molecule has 2 aromatic rings. The van der Waals surface area contributed by atoms with Crippen LogP contribution in [0.5, 0.6) is 5.75 Å². The van der Waals surface area contributed by atoms with E-state index >= 15 is 0 Å². The summed E-state index contributed by atoms with van der Waals surface area (Å²) in [5.41, 5.74) is 12.3. The molecule has 1 amide bonds. The van der Waals surface area contributed by atoms with Crippen LogP contribution < -0.4 is 16.2 Å². The predicted octanol–water partition coefficient (Wildman–Crippen LogP) is 2.78. The molecule has 1 heterocycles. The molecule has 224 valence electrons. The number of carbonyl (C=O) groups is 2. The molecule has 12 nitrogen and oxygen atoms in total. The molecule has 42 heavy (non-hydrogen) atoms. The standard InChI is InChI=1S/C28H31N3O9S2/c1-15(2)22(32)9-6-14-31(3)28(33)17-8-5-4-7-16(17)23-18-10-12-20(29)26(41(34,35)36)24(18)40-25-19(23)11-13-21(30)27(25)42(37,38)39/h4-5,7-8,10-13,15,20H,6,9,14,29-30H2,1-3H3,(H,34,35,36)(H,37,38,39). The molecule has 6 N–H and O–H groups in total. The fourth-order valence-electron chi connectivity index (χ4n) is 4.89. The van der Waals surface area contributed by atoms with Gasteiger partial charge in [0.05, 0.1) is 11.7 Å². The molecule has 1 unspecified atom stereocenters. The molecule has 1 aliphatic carbocycles. The average Bonchev–Trinajstić information content (AvgIpc) is 2.89. The zero-order chi connectivity index (χ0) is 31.1. The topological polar surface area (TPSA) is 207 Å². The second kappa shape index (κ2) is 11.5. The van der Waals surface area contributed by atoms with Gasteiger partial charge in [-0.25, -0.2) is 0 Å². The van der Waals surface area contributed by atoms with Crippen molar-refractivity contribution in [3.8, 4) is 5.75 Å². The van der Waals surface area contributed by atoms with Gasteiger partial charge in [-0.2, -0.15) is 16.8 Å². The summed E-state index contributed by atoms with van der Waals surface area (Å²) >= 11 is 0. The third-order valence-electron chi connectivity index (χ3n) is 7.00. The van der Waals surface area contributed by atoms with Crippen LogP contribution in [0.2, 0.25) is 0 Å². The quantitative estimate of drug-likeness (QED) is 0.238. The minimum atomic E-state index is -5.01. The van der Waals surface area contributed by atoms with Crippen LogP contribution in [0.25, 0.3) is 5.57 Å². The van der Waals surface area contributed by atoms with Crippen molar-refractivity contribution >= 4 is 43.2 Å². The van der Waals surface area contributed by atoms with E-state index in [9.17, 15) is 35.5 Å². The van der Waals surface area contributed by atoms with Gasteiger partial charge < -0.3 is 21.1 Å². The highest BCUT2D eigenvalue weighted by Crippen LogP contribution is 2.49. The number of allylic oxidation sites excluding steroid dienone is 1. The van der Waals surface area contributed by atoms with Crippen molar-refractivity contribution in [2.75, 3.05) is 19.3 Å². The molecule has 0 bridgehead atoms. The van der Waals surface area contributed by atoms with Crippen LogP contribution in [-0.2, 0) is 25.0 Å². The molecule has 0 saturated carbocycles. The van der Waals surface area contributed by atoms with Crippen molar-refractivity contribution < 1.29 is 40.3 Å². The van der Waals surface area contributed by atoms with Gasteiger partial charge in [-0.05, 0) is 30.2 Å². The fourth-order valence-corrected chi connectivity index (χ4v) is 6.45. The Bertz CT molecular complexity index is 1790. The Morgan fingerprint density at radius 2 is 1.69 bits per heavy atom. The highest BCUT2D eigenvalue weighted by molar-refractivity contribution is 7.90. The molecule has 2 aliphatic rings. The van der Waals surface area contributed by atoms with Crippen molar-refractivity contribution in [2.24, 2.45) is 11.7 Å². The molecule has 0 spiro atoms. The van der Waals surface area contributed by atoms with E-state index in [0.29, 0.717) is 12.8 Å². The molecule has 4 rings (SSSR count). The van der Waals surface area contributed by atoms with Gasteiger partial charge in [-0.3, -0.25) is 18.7 Å². The maximum absolute atomic E-state index is 13.7. The van der Waals surface area contributed by atoms with Crippen LogP contribution in [0, 0.1) is 5.92 Å². The summed E-state index contributed by atoms with van der Waals surface area (Å²) in [7, 11) is -8.41. The summed E-state index contributed by atoms with van der Waals surface area (Å²) in [6.07, 6.45) is 3.49. The van der Waals surface area contributed by atoms with Gasteiger partial charge in [-0.1, -0.05) is 44.2 Å². The number of nitrogens with two attached hydrogens (primary N) is 2. The molecule has 14 heteroatoms. The summed E-state index contributed by atoms with van der Waals surface area (Å²) in [6.45, 7) is 3.88. The van der Waals surface area contributed by atoms with Gasteiger partial charge >= 0.3 is 0 Å². The molecule has 0 saturated heterocycles. The van der Waals surface area contributed by atoms with E-state index in [-0.39, 0.29) is 51.8 Å². The summed E-state index contributed by atoms with van der Waals surface area (Å²) in [5, 5.41) is 0. The zero-order valence-corrected chi connectivity index (χ0v) is 24.7.